The maximum Gasteiger partial charge on any atom is 0.280 e. The second-order valence-electron chi connectivity index (χ2n) is 6.34. The third kappa shape index (κ3) is 5.26. The van der Waals surface area contributed by atoms with Crippen LogP contribution in [-0.4, -0.2) is 52.9 Å². The average molecular weight is 364 g/mol. The van der Waals surface area contributed by atoms with E-state index in [-0.39, 0.29) is 42.2 Å². The van der Waals surface area contributed by atoms with E-state index >= 15 is 0 Å². The number of ether oxygens (including phenoxy) is 1. The highest BCUT2D eigenvalue weighted by molar-refractivity contribution is 5.82. The molecule has 8 nitrogen and oxygen atoms in total. The number of aliphatic hydroxyl groups is 1. The molecule has 0 unspecified atom stereocenters. The van der Waals surface area contributed by atoms with Crippen molar-refractivity contribution in [2.24, 2.45) is 0 Å². The number of nitrogens with zero attached hydrogens (tertiary/aromatic N) is 2. The lowest BCUT2D eigenvalue weighted by Gasteiger charge is -2.34. The van der Waals surface area contributed by atoms with Crippen molar-refractivity contribution in [3.63, 3.8) is 0 Å². The predicted octanol–water partition coefficient (Wildman–Crippen LogP) is 2.33. The molecule has 0 atom stereocenters. The molecule has 0 radical (unpaired) electrons. The summed E-state index contributed by atoms with van der Waals surface area (Å²) in [6.45, 7) is 0.281. The van der Waals surface area contributed by atoms with Gasteiger partial charge >= 0.3 is 0 Å². The molecule has 1 fully saturated rings. The van der Waals surface area contributed by atoms with Gasteiger partial charge in [0.1, 0.15) is 5.75 Å². The molecule has 0 spiro atoms. The monoisotopic (exact) mass is 364 g/mol. The van der Waals surface area contributed by atoms with Gasteiger partial charge in [0.2, 0.25) is 0 Å². The molecular formula is C18H24N2O6. The Bertz CT molecular complexity index is 643. The van der Waals surface area contributed by atoms with Gasteiger partial charge in [0.15, 0.2) is 12.9 Å². The number of nitro benzene ring substituents is 1. The summed E-state index contributed by atoms with van der Waals surface area (Å²) in [7, 11) is 0. The van der Waals surface area contributed by atoms with E-state index in [0.717, 1.165) is 25.7 Å². The third-order valence-corrected chi connectivity index (χ3v) is 4.58. The minimum atomic E-state index is -0.641. The van der Waals surface area contributed by atoms with Crippen molar-refractivity contribution in [3.05, 3.63) is 33.9 Å². The largest absolute Gasteiger partial charge is 0.484 e. The van der Waals surface area contributed by atoms with E-state index < -0.39 is 4.92 Å². The zero-order valence-electron chi connectivity index (χ0n) is 14.6. The normalized spacial score (nSPS) is 14.7. The van der Waals surface area contributed by atoms with E-state index in [0.29, 0.717) is 19.3 Å². The maximum atomic E-state index is 12.6. The number of carbonyl (C=O) groups excluding carboxylic acids is 2. The van der Waals surface area contributed by atoms with Gasteiger partial charge in [-0.2, -0.15) is 0 Å². The van der Waals surface area contributed by atoms with E-state index in [2.05, 4.69) is 0 Å². The van der Waals surface area contributed by atoms with Crippen molar-refractivity contribution in [2.45, 2.75) is 44.6 Å². The molecule has 1 amide bonds. The summed E-state index contributed by atoms with van der Waals surface area (Å²) >= 11 is 0. The van der Waals surface area contributed by atoms with Crippen molar-refractivity contribution in [2.75, 3.05) is 19.8 Å². The van der Waals surface area contributed by atoms with Crippen LogP contribution in [-0.2, 0) is 4.79 Å². The summed E-state index contributed by atoms with van der Waals surface area (Å²) in [4.78, 5) is 35.6. The molecule has 1 aromatic rings. The molecule has 1 aliphatic carbocycles. The smallest absolute Gasteiger partial charge is 0.280 e. The van der Waals surface area contributed by atoms with Crippen LogP contribution in [0.5, 0.6) is 5.75 Å². The van der Waals surface area contributed by atoms with E-state index in [1.54, 1.807) is 4.90 Å². The van der Waals surface area contributed by atoms with Crippen molar-refractivity contribution >= 4 is 17.9 Å². The Morgan fingerprint density at radius 1 is 1.35 bits per heavy atom. The van der Waals surface area contributed by atoms with Gasteiger partial charge in [-0.3, -0.25) is 19.7 Å². The lowest BCUT2D eigenvalue weighted by molar-refractivity contribution is -0.385. The van der Waals surface area contributed by atoms with Crippen LogP contribution >= 0.6 is 0 Å². The summed E-state index contributed by atoms with van der Waals surface area (Å²) < 4.78 is 5.46. The first-order valence-electron chi connectivity index (χ1n) is 8.83. The molecule has 0 saturated heterocycles. The first-order valence-corrected chi connectivity index (χ1v) is 8.83. The fourth-order valence-electron chi connectivity index (χ4n) is 3.26. The summed E-state index contributed by atoms with van der Waals surface area (Å²) in [6, 6.07) is 3.98. The number of carbonyl (C=O) groups is 2. The molecule has 1 N–H and O–H groups in total. The van der Waals surface area contributed by atoms with Crippen LogP contribution < -0.4 is 4.74 Å². The lowest BCUT2D eigenvalue weighted by Crippen LogP contribution is -2.44. The molecule has 1 aliphatic rings. The van der Waals surface area contributed by atoms with Gasteiger partial charge in [0.25, 0.3) is 11.6 Å². The zero-order valence-corrected chi connectivity index (χ0v) is 14.6. The molecule has 1 saturated carbocycles. The highest BCUT2D eigenvalue weighted by Gasteiger charge is 2.25. The van der Waals surface area contributed by atoms with Gasteiger partial charge in [-0.05, 0) is 31.4 Å². The Morgan fingerprint density at radius 2 is 2.08 bits per heavy atom. The number of aliphatic hydroxyl groups excluding tert-OH is 1. The van der Waals surface area contributed by atoms with Crippen LogP contribution in [0.15, 0.2) is 18.2 Å². The van der Waals surface area contributed by atoms with Crippen LogP contribution in [0.2, 0.25) is 0 Å². The van der Waals surface area contributed by atoms with Crippen LogP contribution in [0.3, 0.4) is 0 Å². The lowest BCUT2D eigenvalue weighted by atomic mass is 9.94. The Labute approximate surface area is 151 Å². The number of aldehydes is 1. The van der Waals surface area contributed by atoms with Gasteiger partial charge < -0.3 is 14.7 Å². The van der Waals surface area contributed by atoms with E-state index in [1.807, 2.05) is 0 Å². The van der Waals surface area contributed by atoms with Crippen molar-refractivity contribution in [1.82, 2.24) is 4.90 Å². The molecule has 0 bridgehead atoms. The Kier molecular flexibility index (Phi) is 7.53. The van der Waals surface area contributed by atoms with E-state index in [4.69, 9.17) is 9.84 Å². The minimum Gasteiger partial charge on any atom is -0.484 e. The molecular weight excluding hydrogens is 340 g/mol. The predicted molar refractivity (Wildman–Crippen MR) is 94.3 cm³/mol. The van der Waals surface area contributed by atoms with E-state index in [9.17, 15) is 19.7 Å². The number of benzene rings is 1. The van der Waals surface area contributed by atoms with Crippen LogP contribution in [0.4, 0.5) is 5.69 Å². The molecule has 2 rings (SSSR count). The van der Waals surface area contributed by atoms with Crippen LogP contribution in [0.1, 0.15) is 48.9 Å². The third-order valence-electron chi connectivity index (χ3n) is 4.58. The first kappa shape index (κ1) is 19.8. The van der Waals surface area contributed by atoms with Gasteiger partial charge in [-0.1, -0.05) is 19.3 Å². The minimum absolute atomic E-state index is 0.0163. The summed E-state index contributed by atoms with van der Waals surface area (Å²) in [6.07, 6.45) is 6.14. The first-order chi connectivity index (χ1) is 12.6. The van der Waals surface area contributed by atoms with Gasteiger partial charge in [0, 0.05) is 25.3 Å². The Hall–Kier alpha value is -2.48. The Balaban J connectivity index is 2.02. The summed E-state index contributed by atoms with van der Waals surface area (Å²) in [5, 5.41) is 19.9. The SMILES string of the molecule is O=Cc1cc(OCC(=O)N(CCCO)C2CCCCC2)ccc1[N+](=O)[O-]. The van der Waals surface area contributed by atoms with Crippen LogP contribution in [0, 0.1) is 10.1 Å². The van der Waals surface area contributed by atoms with Crippen molar-refractivity contribution in [3.8, 4) is 5.75 Å². The van der Waals surface area contributed by atoms with Gasteiger partial charge in [0.05, 0.1) is 10.5 Å². The Morgan fingerprint density at radius 3 is 2.69 bits per heavy atom. The zero-order chi connectivity index (χ0) is 18.9. The van der Waals surface area contributed by atoms with E-state index in [1.165, 1.54) is 24.6 Å². The number of hydrogen-bond acceptors (Lipinski definition) is 6. The molecule has 8 heteroatoms. The molecule has 26 heavy (non-hydrogen) atoms. The second-order valence-corrected chi connectivity index (χ2v) is 6.34. The fourth-order valence-corrected chi connectivity index (χ4v) is 3.26. The summed E-state index contributed by atoms with van der Waals surface area (Å²) in [5.74, 6) is 0.0492. The molecule has 0 aromatic heterocycles. The highest BCUT2D eigenvalue weighted by atomic mass is 16.6. The summed E-state index contributed by atoms with van der Waals surface area (Å²) in [5.41, 5.74) is -0.394. The number of amides is 1. The fraction of sp³-hybridized carbons (Fsp3) is 0.556. The van der Waals surface area contributed by atoms with Crippen molar-refractivity contribution in [1.29, 1.82) is 0 Å². The van der Waals surface area contributed by atoms with Gasteiger partial charge in [-0.25, -0.2) is 0 Å². The topological polar surface area (TPSA) is 110 Å². The number of rotatable bonds is 9. The van der Waals surface area contributed by atoms with Crippen LogP contribution in [0.25, 0.3) is 0 Å². The standard InChI is InChI=1S/C18H24N2O6/c21-10-4-9-19(15-5-2-1-3-6-15)18(23)13-26-16-7-8-17(20(24)25)14(11-16)12-22/h7-8,11-12,15,21H,1-6,9-10,13H2. The number of hydrogen-bond donors (Lipinski definition) is 1. The quantitative estimate of drug-likeness (QED) is 0.409. The highest BCUT2D eigenvalue weighted by Crippen LogP contribution is 2.24. The average Bonchev–Trinajstić information content (AvgIpc) is 2.67. The molecule has 1 aromatic carbocycles. The van der Waals surface area contributed by atoms with Gasteiger partial charge in [-0.15, -0.1) is 0 Å². The number of nitro groups is 1. The van der Waals surface area contributed by atoms with Crippen molar-refractivity contribution < 1.29 is 24.4 Å². The second kappa shape index (κ2) is 9.86. The molecule has 0 heterocycles. The molecule has 0 aliphatic heterocycles. The maximum absolute atomic E-state index is 12.6. The molecule has 142 valence electrons.